The molecule has 1 aromatic heterocycles. The van der Waals surface area contributed by atoms with Crippen LogP contribution in [0.1, 0.15) is 34.7 Å². The second kappa shape index (κ2) is 7.56. The van der Waals surface area contributed by atoms with Crippen molar-refractivity contribution in [3.05, 3.63) is 70.1 Å². The fourth-order valence-electron chi connectivity index (χ4n) is 3.10. The molecule has 1 atom stereocenters. The summed E-state index contributed by atoms with van der Waals surface area (Å²) in [6.45, 7) is -0.955. The molecule has 2 N–H and O–H groups in total. The highest BCUT2D eigenvalue weighted by Gasteiger charge is 2.38. The Labute approximate surface area is 153 Å². The molecule has 2 aromatic rings. The number of aliphatic hydroxyl groups excluding tert-OH is 1. The molecule has 1 unspecified atom stereocenters. The molecule has 1 amide bonds. The lowest BCUT2D eigenvalue weighted by Gasteiger charge is -2.36. The molecule has 0 radical (unpaired) electrons. The Balaban J connectivity index is 1.61. The van der Waals surface area contributed by atoms with Crippen molar-refractivity contribution in [3.8, 4) is 0 Å². The molecule has 1 fully saturated rings. The number of hydrogen-bond acceptors (Lipinski definition) is 3. The number of halogens is 3. The van der Waals surface area contributed by atoms with E-state index in [2.05, 4.69) is 5.32 Å². The third-order valence-electron chi connectivity index (χ3n) is 4.74. The smallest absolute Gasteiger partial charge is 0.382 e. The number of aromatic nitrogens is 1. The quantitative estimate of drug-likeness (QED) is 0.837. The second-order valence-electron chi connectivity index (χ2n) is 6.72. The second-order valence-corrected chi connectivity index (χ2v) is 6.72. The van der Waals surface area contributed by atoms with Crippen LogP contribution in [0.5, 0.6) is 0 Å². The van der Waals surface area contributed by atoms with Crippen molar-refractivity contribution in [2.24, 2.45) is 0 Å². The van der Waals surface area contributed by atoms with E-state index in [9.17, 15) is 22.8 Å². The first kappa shape index (κ1) is 19.2. The summed E-state index contributed by atoms with van der Waals surface area (Å²) in [4.78, 5) is 24.0. The summed E-state index contributed by atoms with van der Waals surface area (Å²) in [5.74, 6) is -0.0888. The van der Waals surface area contributed by atoms with Gasteiger partial charge in [0, 0.05) is 18.3 Å². The van der Waals surface area contributed by atoms with E-state index in [-0.39, 0.29) is 11.6 Å². The average molecular weight is 380 g/mol. The Morgan fingerprint density at radius 3 is 2.48 bits per heavy atom. The van der Waals surface area contributed by atoms with Gasteiger partial charge in [0.05, 0.1) is 12.1 Å². The Bertz CT molecular complexity index is 858. The molecule has 27 heavy (non-hydrogen) atoms. The van der Waals surface area contributed by atoms with Crippen molar-refractivity contribution in [1.29, 1.82) is 0 Å². The summed E-state index contributed by atoms with van der Waals surface area (Å²) in [5.41, 5.74) is 0.562. The van der Waals surface area contributed by atoms with Gasteiger partial charge in [-0.1, -0.05) is 30.3 Å². The van der Waals surface area contributed by atoms with Gasteiger partial charge in [0.1, 0.15) is 0 Å². The molecule has 0 bridgehead atoms. The maximum Gasteiger partial charge on any atom is 0.416 e. The molecular formula is C19H19F3N2O3. The third kappa shape index (κ3) is 4.57. The summed E-state index contributed by atoms with van der Waals surface area (Å²) in [7, 11) is 0. The predicted octanol–water partition coefficient (Wildman–Crippen LogP) is 2.45. The van der Waals surface area contributed by atoms with E-state index in [0.29, 0.717) is 10.5 Å². The van der Waals surface area contributed by atoms with Crippen LogP contribution in [0.4, 0.5) is 13.2 Å². The molecule has 0 aliphatic heterocycles. The number of nitrogens with one attached hydrogen (secondary N) is 1. The summed E-state index contributed by atoms with van der Waals surface area (Å²) in [5, 5.41) is 12.0. The molecule has 1 aromatic carbocycles. The van der Waals surface area contributed by atoms with Crippen molar-refractivity contribution in [3.63, 3.8) is 0 Å². The number of pyridine rings is 1. The molecule has 0 spiro atoms. The van der Waals surface area contributed by atoms with Crippen LogP contribution in [0.3, 0.4) is 0 Å². The van der Waals surface area contributed by atoms with E-state index in [1.54, 1.807) is 0 Å². The van der Waals surface area contributed by atoms with Gasteiger partial charge >= 0.3 is 6.18 Å². The molecule has 144 valence electrons. The minimum absolute atomic E-state index is 0.0242. The first-order valence-corrected chi connectivity index (χ1v) is 8.55. The molecule has 1 aliphatic carbocycles. The van der Waals surface area contributed by atoms with E-state index in [0.717, 1.165) is 25.1 Å². The molecule has 0 saturated heterocycles. The highest BCUT2D eigenvalue weighted by atomic mass is 19.4. The number of hydrogen-bond donors (Lipinski definition) is 2. The zero-order chi connectivity index (χ0) is 19.6. The minimum Gasteiger partial charge on any atom is -0.382 e. The number of alkyl halides is 3. The molecule has 1 aliphatic rings. The van der Waals surface area contributed by atoms with Gasteiger partial charge in [0.25, 0.3) is 11.5 Å². The Kier molecular flexibility index (Phi) is 5.36. The Hall–Kier alpha value is -2.61. The van der Waals surface area contributed by atoms with Crippen molar-refractivity contribution >= 4 is 5.91 Å². The molecule has 1 heterocycles. The fourth-order valence-corrected chi connectivity index (χ4v) is 3.10. The number of carbonyl (C=O) groups excluding carboxylic acids is 1. The van der Waals surface area contributed by atoms with Crippen LogP contribution in [0.25, 0.3) is 0 Å². The van der Waals surface area contributed by atoms with Gasteiger partial charge in [-0.3, -0.25) is 9.59 Å². The normalized spacial score (nSPS) is 20.6. The van der Waals surface area contributed by atoms with E-state index in [1.165, 1.54) is 11.6 Å². The number of nitrogens with zero attached hydrogens (tertiary/aromatic N) is 1. The van der Waals surface area contributed by atoms with Gasteiger partial charge < -0.3 is 15.0 Å². The summed E-state index contributed by atoms with van der Waals surface area (Å²) < 4.78 is 38.1. The lowest BCUT2D eigenvalue weighted by atomic mass is 9.76. The highest BCUT2D eigenvalue weighted by molar-refractivity contribution is 5.94. The zero-order valence-electron chi connectivity index (χ0n) is 14.3. The van der Waals surface area contributed by atoms with Gasteiger partial charge in [-0.2, -0.15) is 13.2 Å². The summed E-state index contributed by atoms with van der Waals surface area (Å²) in [6.07, 6.45) is -4.91. The van der Waals surface area contributed by atoms with Crippen molar-refractivity contribution in [1.82, 2.24) is 9.88 Å². The molecule has 1 saturated carbocycles. The Morgan fingerprint density at radius 2 is 1.85 bits per heavy atom. The standard InChI is InChI=1S/C19H19F3N2O3/c20-19(21,22)16(25)11-24-10-13(6-7-17(24)26)18(27)23-15-8-14(9-15)12-4-2-1-3-5-12/h1-7,10,14-16,25H,8-9,11H2,(H,23,27). The van der Waals surface area contributed by atoms with Crippen LogP contribution in [0, 0.1) is 0 Å². The highest BCUT2D eigenvalue weighted by Crippen LogP contribution is 2.36. The SMILES string of the molecule is O=C(NC1CC(c2ccccc2)C1)c1ccc(=O)n(CC(O)C(F)(F)F)c1. The van der Waals surface area contributed by atoms with Gasteiger partial charge in [-0.05, 0) is 30.4 Å². The van der Waals surface area contributed by atoms with E-state index in [4.69, 9.17) is 5.11 Å². The maximum absolute atomic E-state index is 12.5. The zero-order valence-corrected chi connectivity index (χ0v) is 14.3. The van der Waals surface area contributed by atoms with E-state index >= 15 is 0 Å². The van der Waals surface area contributed by atoms with Crippen LogP contribution >= 0.6 is 0 Å². The Morgan fingerprint density at radius 1 is 1.19 bits per heavy atom. The maximum atomic E-state index is 12.5. The monoisotopic (exact) mass is 380 g/mol. The molecular weight excluding hydrogens is 361 g/mol. The van der Waals surface area contributed by atoms with Gasteiger partial charge in [0.2, 0.25) is 0 Å². The lowest BCUT2D eigenvalue weighted by Crippen LogP contribution is -2.43. The van der Waals surface area contributed by atoms with Gasteiger partial charge in [-0.15, -0.1) is 0 Å². The number of benzene rings is 1. The number of amides is 1. The summed E-state index contributed by atoms with van der Waals surface area (Å²) >= 11 is 0. The molecule has 3 rings (SSSR count). The van der Waals surface area contributed by atoms with Gasteiger partial charge in [0.15, 0.2) is 6.10 Å². The van der Waals surface area contributed by atoms with E-state index in [1.807, 2.05) is 30.3 Å². The van der Waals surface area contributed by atoms with Crippen molar-refractivity contribution in [2.45, 2.75) is 43.6 Å². The summed E-state index contributed by atoms with van der Waals surface area (Å²) in [6, 6.07) is 12.2. The minimum atomic E-state index is -4.84. The number of aliphatic hydroxyl groups is 1. The topological polar surface area (TPSA) is 71.3 Å². The van der Waals surface area contributed by atoms with Crippen LogP contribution in [0.15, 0.2) is 53.5 Å². The molecule has 5 nitrogen and oxygen atoms in total. The van der Waals surface area contributed by atoms with Crippen molar-refractivity contribution in [2.75, 3.05) is 0 Å². The predicted molar refractivity (Wildman–Crippen MR) is 92.4 cm³/mol. The lowest BCUT2D eigenvalue weighted by molar-refractivity contribution is -0.207. The van der Waals surface area contributed by atoms with Crippen LogP contribution in [-0.4, -0.2) is 33.9 Å². The fraction of sp³-hybridized carbons (Fsp3) is 0.368. The third-order valence-corrected chi connectivity index (χ3v) is 4.74. The first-order valence-electron chi connectivity index (χ1n) is 8.55. The van der Waals surface area contributed by atoms with Crippen molar-refractivity contribution < 1.29 is 23.1 Å². The number of rotatable bonds is 5. The van der Waals surface area contributed by atoms with Crippen LogP contribution in [0.2, 0.25) is 0 Å². The van der Waals surface area contributed by atoms with E-state index < -0.39 is 30.3 Å². The van der Waals surface area contributed by atoms with Crippen LogP contribution < -0.4 is 10.9 Å². The first-order chi connectivity index (χ1) is 12.7. The van der Waals surface area contributed by atoms with Gasteiger partial charge in [-0.25, -0.2) is 0 Å². The number of carbonyl (C=O) groups is 1. The molecule has 8 heteroatoms. The van der Waals surface area contributed by atoms with Crippen LogP contribution in [-0.2, 0) is 6.54 Å². The average Bonchev–Trinajstić information content (AvgIpc) is 2.59. The largest absolute Gasteiger partial charge is 0.416 e.